The van der Waals surface area contributed by atoms with Crippen LogP contribution < -0.4 is 21.9 Å². The van der Waals surface area contributed by atoms with Crippen molar-refractivity contribution < 1.29 is 4.79 Å². The summed E-state index contributed by atoms with van der Waals surface area (Å²) in [4.78, 5) is 30.1. The van der Waals surface area contributed by atoms with Crippen molar-refractivity contribution >= 4 is 40.6 Å². The van der Waals surface area contributed by atoms with Crippen molar-refractivity contribution in [1.82, 2.24) is 14.9 Å². The lowest BCUT2D eigenvalue weighted by atomic mass is 10.0. The van der Waals surface area contributed by atoms with E-state index in [1.807, 2.05) is 18.2 Å². The fourth-order valence-electron chi connectivity index (χ4n) is 3.78. The smallest absolute Gasteiger partial charge is 0.273 e. The summed E-state index contributed by atoms with van der Waals surface area (Å²) in [5.74, 6) is -0.832. The van der Waals surface area contributed by atoms with Gasteiger partial charge in [-0.1, -0.05) is 41.4 Å². The van der Waals surface area contributed by atoms with Crippen LogP contribution in [0.4, 0.5) is 11.5 Å². The fraction of sp³-hybridized carbons (Fsp3) is 0.227. The number of halogens is 2. The van der Waals surface area contributed by atoms with Gasteiger partial charge in [0.15, 0.2) is 0 Å². The third kappa shape index (κ3) is 4.30. The molecule has 0 bridgehead atoms. The Hall–Kier alpha value is -2.87. The van der Waals surface area contributed by atoms with Gasteiger partial charge < -0.3 is 16.4 Å². The third-order valence-electron chi connectivity index (χ3n) is 5.33. The fourth-order valence-corrected chi connectivity index (χ4v) is 4.35. The van der Waals surface area contributed by atoms with E-state index in [9.17, 15) is 9.59 Å². The van der Waals surface area contributed by atoms with Crippen molar-refractivity contribution in [2.75, 3.05) is 11.1 Å². The summed E-state index contributed by atoms with van der Waals surface area (Å²) in [6.45, 7) is 2.15. The zero-order valence-corrected chi connectivity index (χ0v) is 18.2. The van der Waals surface area contributed by atoms with Gasteiger partial charge >= 0.3 is 0 Å². The number of nitrogens with two attached hydrogens (primary N) is 1. The number of hydrogen-bond donors (Lipinski definition) is 3. The number of benzene rings is 2. The molecule has 0 spiro atoms. The molecule has 2 aromatic carbocycles. The lowest BCUT2D eigenvalue weighted by molar-refractivity contribution is 0.102. The topological polar surface area (TPSA) is 102 Å². The zero-order chi connectivity index (χ0) is 22.1. The first kappa shape index (κ1) is 21.4. The lowest BCUT2D eigenvalue weighted by Crippen LogP contribution is -2.31. The standard InChI is InChI=1S/C22H21Cl2N5O2/c1-12-8-9-17(27-12)13-4-2-5-14(10-13)28-21(30)18-20(25)26-11-29(22(18)31)19-15(23)6-3-7-16(19)24/h2-7,10-12,17,27H,8-9,25H2,1H3,(H,28,30)/t12-,17-/m0/s1. The van der Waals surface area contributed by atoms with Gasteiger partial charge in [-0.15, -0.1) is 0 Å². The normalized spacial score (nSPS) is 18.2. The molecule has 31 heavy (non-hydrogen) atoms. The van der Waals surface area contributed by atoms with E-state index in [2.05, 4.69) is 22.5 Å². The molecule has 7 nitrogen and oxygen atoms in total. The van der Waals surface area contributed by atoms with Crippen molar-refractivity contribution in [2.24, 2.45) is 0 Å². The molecule has 0 radical (unpaired) electrons. The number of para-hydroxylation sites is 1. The quantitative estimate of drug-likeness (QED) is 0.544. The average Bonchev–Trinajstić information content (AvgIpc) is 3.16. The third-order valence-corrected chi connectivity index (χ3v) is 5.94. The van der Waals surface area contributed by atoms with Crippen LogP contribution in [0, 0.1) is 0 Å². The van der Waals surface area contributed by atoms with E-state index >= 15 is 0 Å². The highest BCUT2D eigenvalue weighted by Crippen LogP contribution is 2.29. The number of amides is 1. The van der Waals surface area contributed by atoms with Crippen LogP contribution in [0.2, 0.25) is 10.0 Å². The molecule has 2 atom stereocenters. The largest absolute Gasteiger partial charge is 0.383 e. The van der Waals surface area contributed by atoms with Crippen molar-refractivity contribution in [1.29, 1.82) is 0 Å². The highest BCUT2D eigenvalue weighted by atomic mass is 35.5. The predicted molar refractivity (Wildman–Crippen MR) is 123 cm³/mol. The first-order valence-electron chi connectivity index (χ1n) is 9.84. The van der Waals surface area contributed by atoms with Gasteiger partial charge in [-0.2, -0.15) is 0 Å². The van der Waals surface area contributed by atoms with E-state index in [4.69, 9.17) is 28.9 Å². The number of nitrogens with zero attached hydrogens (tertiary/aromatic N) is 2. The van der Waals surface area contributed by atoms with Crippen LogP contribution in [-0.2, 0) is 0 Å². The van der Waals surface area contributed by atoms with Crippen LogP contribution in [0.25, 0.3) is 5.69 Å². The Labute approximate surface area is 189 Å². The maximum Gasteiger partial charge on any atom is 0.273 e. The molecule has 1 aliphatic rings. The van der Waals surface area contributed by atoms with Crippen LogP contribution in [-0.4, -0.2) is 21.5 Å². The van der Waals surface area contributed by atoms with Crippen molar-refractivity contribution in [3.8, 4) is 5.69 Å². The van der Waals surface area contributed by atoms with E-state index < -0.39 is 11.5 Å². The number of hydrogen-bond acceptors (Lipinski definition) is 5. The maximum absolute atomic E-state index is 13.1. The molecule has 0 unspecified atom stereocenters. The Bertz CT molecular complexity index is 1190. The second-order valence-corrected chi connectivity index (χ2v) is 8.34. The van der Waals surface area contributed by atoms with Crippen LogP contribution in [0.5, 0.6) is 0 Å². The van der Waals surface area contributed by atoms with Crippen LogP contribution in [0.1, 0.15) is 41.7 Å². The summed E-state index contributed by atoms with van der Waals surface area (Å²) in [6, 6.07) is 13.1. The Morgan fingerprint density at radius 2 is 1.90 bits per heavy atom. The molecule has 2 heterocycles. The van der Waals surface area contributed by atoms with Gasteiger partial charge in [-0.3, -0.25) is 14.2 Å². The van der Waals surface area contributed by atoms with E-state index in [1.165, 1.54) is 6.33 Å². The van der Waals surface area contributed by atoms with E-state index in [1.54, 1.807) is 24.3 Å². The predicted octanol–water partition coefficient (Wildman–Crippen LogP) is 4.19. The number of carbonyl (C=O) groups excluding carboxylic acids is 1. The van der Waals surface area contributed by atoms with Gasteiger partial charge in [0.25, 0.3) is 11.5 Å². The molecule has 0 saturated carbocycles. The van der Waals surface area contributed by atoms with Crippen molar-refractivity contribution in [3.63, 3.8) is 0 Å². The Balaban J connectivity index is 1.66. The van der Waals surface area contributed by atoms with Crippen molar-refractivity contribution in [2.45, 2.75) is 31.8 Å². The lowest BCUT2D eigenvalue weighted by Gasteiger charge is -2.15. The minimum absolute atomic E-state index is 0.177. The number of anilines is 2. The van der Waals surface area contributed by atoms with E-state index in [-0.39, 0.29) is 33.2 Å². The molecule has 1 fully saturated rings. The van der Waals surface area contributed by atoms with Crippen LogP contribution in [0.15, 0.2) is 53.6 Å². The second kappa shape index (κ2) is 8.70. The average molecular weight is 458 g/mol. The molecule has 1 aromatic heterocycles. The van der Waals surface area contributed by atoms with Gasteiger partial charge in [-0.25, -0.2) is 4.98 Å². The summed E-state index contributed by atoms with van der Waals surface area (Å²) in [7, 11) is 0. The number of rotatable bonds is 4. The molecule has 9 heteroatoms. The zero-order valence-electron chi connectivity index (χ0n) is 16.7. The van der Waals surface area contributed by atoms with Gasteiger partial charge in [0.05, 0.1) is 15.7 Å². The highest BCUT2D eigenvalue weighted by molar-refractivity contribution is 6.37. The Morgan fingerprint density at radius 3 is 2.58 bits per heavy atom. The number of carbonyl (C=O) groups is 1. The summed E-state index contributed by atoms with van der Waals surface area (Å²) < 4.78 is 1.12. The van der Waals surface area contributed by atoms with Crippen molar-refractivity contribution in [3.05, 3.63) is 80.3 Å². The number of nitrogen functional groups attached to an aromatic ring is 1. The molecule has 1 aliphatic heterocycles. The van der Waals surface area contributed by atoms with Crippen LogP contribution in [0.3, 0.4) is 0 Å². The van der Waals surface area contributed by atoms with Gasteiger partial charge in [-0.05, 0) is 49.6 Å². The summed E-state index contributed by atoms with van der Waals surface area (Å²) in [5, 5.41) is 6.77. The molecule has 1 saturated heterocycles. The molecule has 1 amide bonds. The molecule has 0 aliphatic carbocycles. The molecular weight excluding hydrogens is 437 g/mol. The first-order valence-corrected chi connectivity index (χ1v) is 10.6. The highest BCUT2D eigenvalue weighted by Gasteiger charge is 2.23. The molecule has 4 N–H and O–H groups in total. The summed E-state index contributed by atoms with van der Waals surface area (Å²) >= 11 is 12.4. The second-order valence-electron chi connectivity index (χ2n) is 7.53. The molecular formula is C22H21Cl2N5O2. The Kier molecular flexibility index (Phi) is 6.00. The Morgan fingerprint density at radius 1 is 1.19 bits per heavy atom. The molecule has 3 aromatic rings. The SMILES string of the molecule is C[C@H]1CC[C@@H](c2cccc(NC(=O)c3c(N)ncn(-c4c(Cl)cccc4Cl)c3=O)c2)N1. The minimum atomic E-state index is -0.664. The maximum atomic E-state index is 13.1. The van der Waals surface area contributed by atoms with Gasteiger partial charge in [0, 0.05) is 17.8 Å². The molecule has 4 rings (SSSR count). The molecule has 160 valence electrons. The summed E-state index contributed by atoms with van der Waals surface area (Å²) in [6.07, 6.45) is 3.32. The monoisotopic (exact) mass is 457 g/mol. The van der Waals surface area contributed by atoms with Crippen LogP contribution >= 0.6 is 23.2 Å². The van der Waals surface area contributed by atoms with E-state index in [0.29, 0.717) is 11.7 Å². The first-order chi connectivity index (χ1) is 14.8. The van der Waals surface area contributed by atoms with Gasteiger partial charge in [0.2, 0.25) is 0 Å². The minimum Gasteiger partial charge on any atom is -0.383 e. The van der Waals surface area contributed by atoms with Gasteiger partial charge in [0.1, 0.15) is 17.7 Å². The summed E-state index contributed by atoms with van der Waals surface area (Å²) in [5.41, 5.74) is 6.81. The van der Waals surface area contributed by atoms with E-state index in [0.717, 1.165) is 23.0 Å². The number of nitrogens with one attached hydrogen (secondary N) is 2. The number of aromatic nitrogens is 2.